The molecular formula is C14H14N2O3. The van der Waals surface area contributed by atoms with Crippen molar-refractivity contribution in [3.8, 4) is 5.95 Å². The number of aryl methyl sites for hydroxylation is 2. The summed E-state index contributed by atoms with van der Waals surface area (Å²) in [6.07, 6.45) is 4.08. The second-order valence-corrected chi connectivity index (χ2v) is 4.52. The lowest BCUT2D eigenvalue weighted by Crippen LogP contribution is -2.04. The van der Waals surface area contributed by atoms with Crippen molar-refractivity contribution < 1.29 is 13.9 Å². The molecule has 1 aliphatic carbocycles. The van der Waals surface area contributed by atoms with Crippen LogP contribution in [0.2, 0.25) is 0 Å². The Labute approximate surface area is 110 Å². The van der Waals surface area contributed by atoms with Gasteiger partial charge in [-0.25, -0.2) is 4.98 Å². The Kier molecular flexibility index (Phi) is 2.95. The van der Waals surface area contributed by atoms with Crippen LogP contribution in [0.15, 0.2) is 28.8 Å². The normalized spacial score (nSPS) is 17.0. The van der Waals surface area contributed by atoms with Crippen LogP contribution in [0.5, 0.6) is 5.95 Å². The fourth-order valence-electron chi connectivity index (χ4n) is 2.38. The minimum absolute atomic E-state index is 0.0456. The van der Waals surface area contributed by atoms with E-state index in [0.29, 0.717) is 18.2 Å². The van der Waals surface area contributed by atoms with Gasteiger partial charge in [0.15, 0.2) is 5.89 Å². The average Bonchev–Trinajstić information content (AvgIpc) is 2.98. The van der Waals surface area contributed by atoms with Crippen LogP contribution in [0.3, 0.4) is 0 Å². The van der Waals surface area contributed by atoms with Crippen LogP contribution >= 0.6 is 0 Å². The van der Waals surface area contributed by atoms with Gasteiger partial charge < -0.3 is 14.5 Å². The van der Waals surface area contributed by atoms with Crippen molar-refractivity contribution in [2.75, 3.05) is 5.32 Å². The first kappa shape index (κ1) is 11.8. The Balaban J connectivity index is 1.83. The van der Waals surface area contributed by atoms with Crippen molar-refractivity contribution in [3.63, 3.8) is 0 Å². The molecule has 0 fully saturated rings. The number of nitrogens with zero attached hydrogens (tertiary/aromatic N) is 1. The summed E-state index contributed by atoms with van der Waals surface area (Å²) in [5.41, 5.74) is 3.12. The molecule has 1 unspecified atom stereocenters. The molecule has 0 radical (unpaired) electrons. The highest BCUT2D eigenvalue weighted by Gasteiger charge is 2.25. The number of ether oxygens (including phenoxy) is 1. The number of rotatable bonds is 4. The van der Waals surface area contributed by atoms with Crippen LogP contribution in [0.1, 0.15) is 29.5 Å². The van der Waals surface area contributed by atoms with E-state index in [4.69, 9.17) is 9.15 Å². The summed E-state index contributed by atoms with van der Waals surface area (Å²) in [7, 11) is 0. The lowest BCUT2D eigenvalue weighted by molar-refractivity contribution is -0.105. The van der Waals surface area contributed by atoms with E-state index in [9.17, 15) is 4.79 Å². The number of anilines is 1. The number of fused-ring (bicyclic) bond motifs is 1. The number of hydrogen-bond donors (Lipinski definition) is 1. The molecule has 5 nitrogen and oxygen atoms in total. The smallest absolute Gasteiger partial charge is 0.305 e. The molecule has 2 aromatic rings. The third-order valence-electron chi connectivity index (χ3n) is 3.25. The largest absolute Gasteiger partial charge is 0.456 e. The van der Waals surface area contributed by atoms with Gasteiger partial charge in [-0.05, 0) is 36.1 Å². The maximum atomic E-state index is 10.5. The Bertz CT molecular complexity index is 606. The molecule has 1 aromatic heterocycles. The summed E-state index contributed by atoms with van der Waals surface area (Å²) in [5.74, 6) is 1.02. The van der Waals surface area contributed by atoms with Gasteiger partial charge >= 0.3 is 5.95 Å². The molecule has 5 heteroatoms. The minimum atomic E-state index is -0.0456. The van der Waals surface area contributed by atoms with Gasteiger partial charge in [-0.1, -0.05) is 6.07 Å². The van der Waals surface area contributed by atoms with Gasteiger partial charge in [0.2, 0.25) is 6.41 Å². The molecule has 0 bridgehead atoms. The SMILES string of the molecule is Cc1ncc(OC2CCc3ccc(NC=O)cc32)o1. The standard InChI is InChI=1S/C14H14N2O3/c1-9-15-7-14(18-9)19-13-5-3-10-2-4-11(16-8-17)6-12(10)13/h2,4,6-8,13H,3,5H2,1H3,(H,16,17). The van der Waals surface area contributed by atoms with Crippen LogP contribution in [-0.4, -0.2) is 11.4 Å². The molecule has 3 rings (SSSR count). The first-order valence-electron chi connectivity index (χ1n) is 6.18. The number of carbonyl (C=O) groups is 1. The highest BCUT2D eigenvalue weighted by Crippen LogP contribution is 2.36. The Morgan fingerprint density at radius 3 is 3.16 bits per heavy atom. The van der Waals surface area contributed by atoms with Gasteiger partial charge in [0.05, 0.1) is 0 Å². The summed E-state index contributed by atoms with van der Waals surface area (Å²) in [5, 5.41) is 2.65. The van der Waals surface area contributed by atoms with Gasteiger partial charge in [0, 0.05) is 12.6 Å². The van der Waals surface area contributed by atoms with Gasteiger partial charge in [0.1, 0.15) is 12.3 Å². The van der Waals surface area contributed by atoms with Crippen LogP contribution in [0, 0.1) is 6.92 Å². The van der Waals surface area contributed by atoms with Crippen molar-refractivity contribution in [2.24, 2.45) is 0 Å². The Morgan fingerprint density at radius 1 is 1.53 bits per heavy atom. The van der Waals surface area contributed by atoms with Crippen molar-refractivity contribution >= 4 is 12.1 Å². The summed E-state index contributed by atoms with van der Waals surface area (Å²) < 4.78 is 11.1. The van der Waals surface area contributed by atoms with E-state index in [-0.39, 0.29) is 6.10 Å². The number of amides is 1. The molecule has 0 spiro atoms. The maximum absolute atomic E-state index is 10.5. The minimum Gasteiger partial charge on any atom is -0.456 e. The maximum Gasteiger partial charge on any atom is 0.305 e. The predicted octanol–water partition coefficient (Wildman–Crippen LogP) is 2.62. The molecule has 0 saturated heterocycles. The fourth-order valence-corrected chi connectivity index (χ4v) is 2.38. The van der Waals surface area contributed by atoms with E-state index in [2.05, 4.69) is 10.3 Å². The van der Waals surface area contributed by atoms with Crippen molar-refractivity contribution in [3.05, 3.63) is 41.4 Å². The molecule has 1 amide bonds. The van der Waals surface area contributed by atoms with Crippen molar-refractivity contribution in [1.29, 1.82) is 0 Å². The van der Waals surface area contributed by atoms with E-state index in [0.717, 1.165) is 24.1 Å². The van der Waals surface area contributed by atoms with Crippen LogP contribution in [0.4, 0.5) is 5.69 Å². The van der Waals surface area contributed by atoms with Gasteiger partial charge in [-0.2, -0.15) is 0 Å². The third kappa shape index (κ3) is 2.31. The molecule has 1 aromatic carbocycles. The van der Waals surface area contributed by atoms with Gasteiger partial charge in [0.25, 0.3) is 0 Å². The molecule has 1 atom stereocenters. The monoisotopic (exact) mass is 258 g/mol. The number of aromatic nitrogens is 1. The summed E-state index contributed by atoms with van der Waals surface area (Å²) in [6.45, 7) is 1.78. The quantitative estimate of drug-likeness (QED) is 0.856. The fraction of sp³-hybridized carbons (Fsp3) is 0.286. The number of benzene rings is 1. The zero-order valence-electron chi connectivity index (χ0n) is 10.6. The van der Waals surface area contributed by atoms with E-state index in [1.807, 2.05) is 18.2 Å². The molecule has 1 heterocycles. The number of carbonyl (C=O) groups excluding carboxylic acids is 1. The first-order valence-corrected chi connectivity index (χ1v) is 6.18. The Morgan fingerprint density at radius 2 is 2.42 bits per heavy atom. The lowest BCUT2D eigenvalue weighted by Gasteiger charge is -2.12. The van der Waals surface area contributed by atoms with Crippen molar-refractivity contribution in [1.82, 2.24) is 4.98 Å². The van der Waals surface area contributed by atoms with Crippen molar-refractivity contribution in [2.45, 2.75) is 25.9 Å². The van der Waals surface area contributed by atoms with Crippen LogP contribution in [0.25, 0.3) is 0 Å². The van der Waals surface area contributed by atoms with Crippen LogP contribution in [-0.2, 0) is 11.2 Å². The van der Waals surface area contributed by atoms with Gasteiger partial charge in [-0.3, -0.25) is 4.79 Å². The van der Waals surface area contributed by atoms with Crippen LogP contribution < -0.4 is 10.1 Å². The highest BCUT2D eigenvalue weighted by atomic mass is 16.6. The third-order valence-corrected chi connectivity index (χ3v) is 3.25. The summed E-state index contributed by atoms with van der Waals surface area (Å²) in [6, 6.07) is 5.87. The average molecular weight is 258 g/mol. The zero-order valence-corrected chi connectivity index (χ0v) is 10.6. The number of oxazole rings is 1. The summed E-state index contributed by atoms with van der Waals surface area (Å²) >= 11 is 0. The molecule has 1 N–H and O–H groups in total. The van der Waals surface area contributed by atoms with E-state index in [1.54, 1.807) is 13.1 Å². The number of hydrogen-bond acceptors (Lipinski definition) is 4. The summed E-state index contributed by atoms with van der Waals surface area (Å²) in [4.78, 5) is 14.5. The molecule has 1 aliphatic rings. The predicted molar refractivity (Wildman–Crippen MR) is 69.1 cm³/mol. The topological polar surface area (TPSA) is 64.4 Å². The van der Waals surface area contributed by atoms with E-state index < -0.39 is 0 Å². The molecule has 98 valence electrons. The Hall–Kier alpha value is -2.30. The highest BCUT2D eigenvalue weighted by molar-refractivity contribution is 5.72. The number of nitrogens with one attached hydrogen (secondary N) is 1. The molecular weight excluding hydrogens is 244 g/mol. The zero-order chi connectivity index (χ0) is 13.2. The molecule has 0 saturated carbocycles. The molecule has 19 heavy (non-hydrogen) atoms. The lowest BCUT2D eigenvalue weighted by atomic mass is 10.1. The second kappa shape index (κ2) is 4.76. The second-order valence-electron chi connectivity index (χ2n) is 4.52. The first-order chi connectivity index (χ1) is 9.26. The van der Waals surface area contributed by atoms with E-state index >= 15 is 0 Å². The van der Waals surface area contributed by atoms with E-state index in [1.165, 1.54) is 5.56 Å². The molecule has 0 aliphatic heterocycles. The van der Waals surface area contributed by atoms with Gasteiger partial charge in [-0.15, -0.1) is 0 Å².